The topological polar surface area (TPSA) is 68.6 Å². The molecule has 0 fully saturated rings. The summed E-state index contributed by atoms with van der Waals surface area (Å²) >= 11 is 0. The molecule has 0 spiro atoms. The Morgan fingerprint density at radius 3 is 2.75 bits per heavy atom. The summed E-state index contributed by atoms with van der Waals surface area (Å²) in [5.74, 6) is -0.901. The Balaban J connectivity index is 2.92. The molecule has 0 aliphatic rings. The van der Waals surface area contributed by atoms with Crippen LogP contribution in [-0.2, 0) is 16.6 Å². The first-order valence-corrected chi connectivity index (χ1v) is 6.22. The first kappa shape index (κ1) is 15.7. The van der Waals surface area contributed by atoms with Gasteiger partial charge in [-0.1, -0.05) is 6.08 Å². The lowest BCUT2D eigenvalue weighted by Gasteiger charge is -2.20. The monoisotopic (exact) mass is 278 g/mol. The number of pyridine rings is 1. The van der Waals surface area contributed by atoms with Crippen molar-refractivity contribution in [3.05, 3.63) is 46.9 Å². The molecule has 0 saturated heterocycles. The van der Waals surface area contributed by atoms with Crippen LogP contribution >= 0.6 is 0 Å². The molecule has 0 atom stereocenters. The summed E-state index contributed by atoms with van der Waals surface area (Å²) in [5, 5.41) is 0. The molecule has 0 aliphatic carbocycles. The molecule has 0 radical (unpaired) electrons. The van der Waals surface area contributed by atoms with Crippen molar-refractivity contribution in [2.45, 2.75) is 6.92 Å². The summed E-state index contributed by atoms with van der Waals surface area (Å²) in [4.78, 5) is 36.5. The highest BCUT2D eigenvalue weighted by Gasteiger charge is 2.18. The third-order valence-corrected chi connectivity index (χ3v) is 2.61. The standard InChI is InChI=1S/C14H18N2O4/c1-4-7-16(10-13(18)20-5-2)14(19)11-6-8-15(3)12(17)9-11/h4,6,8-9H,1,5,7,10H2,2-3H3. The van der Waals surface area contributed by atoms with Crippen molar-refractivity contribution in [2.24, 2.45) is 7.05 Å². The quantitative estimate of drug-likeness (QED) is 0.564. The van der Waals surface area contributed by atoms with E-state index in [9.17, 15) is 14.4 Å². The number of carbonyl (C=O) groups is 2. The summed E-state index contributed by atoms with van der Waals surface area (Å²) < 4.78 is 6.18. The second kappa shape index (κ2) is 7.28. The Hall–Kier alpha value is -2.37. The molecule has 0 saturated carbocycles. The highest BCUT2D eigenvalue weighted by molar-refractivity contribution is 5.95. The Kier molecular flexibility index (Phi) is 5.71. The summed E-state index contributed by atoms with van der Waals surface area (Å²) in [6.45, 7) is 5.52. The number of rotatable bonds is 6. The number of hydrogen-bond donors (Lipinski definition) is 0. The van der Waals surface area contributed by atoms with Gasteiger partial charge in [-0.2, -0.15) is 0 Å². The maximum Gasteiger partial charge on any atom is 0.325 e. The van der Waals surface area contributed by atoms with Crippen LogP contribution in [0, 0.1) is 0 Å². The number of carbonyl (C=O) groups excluding carboxylic acids is 2. The van der Waals surface area contributed by atoms with Crippen LogP contribution in [0.1, 0.15) is 17.3 Å². The molecule has 20 heavy (non-hydrogen) atoms. The Bertz CT molecular complexity index is 563. The van der Waals surface area contributed by atoms with Crippen LogP contribution in [-0.4, -0.2) is 41.0 Å². The van der Waals surface area contributed by atoms with Gasteiger partial charge in [0.2, 0.25) is 0 Å². The van der Waals surface area contributed by atoms with E-state index in [1.165, 1.54) is 33.9 Å². The van der Waals surface area contributed by atoms with Crippen molar-refractivity contribution in [1.82, 2.24) is 9.47 Å². The smallest absolute Gasteiger partial charge is 0.325 e. The third kappa shape index (κ3) is 4.08. The maximum atomic E-state index is 12.3. The van der Waals surface area contributed by atoms with Gasteiger partial charge in [0.05, 0.1) is 6.61 Å². The molecule has 108 valence electrons. The van der Waals surface area contributed by atoms with E-state index in [1.54, 1.807) is 14.0 Å². The van der Waals surface area contributed by atoms with Gasteiger partial charge in [-0.25, -0.2) is 0 Å². The van der Waals surface area contributed by atoms with E-state index in [4.69, 9.17) is 4.74 Å². The molecule has 1 heterocycles. The minimum absolute atomic E-state index is 0.173. The molecule has 0 aliphatic heterocycles. The van der Waals surface area contributed by atoms with Crippen LogP contribution in [0.5, 0.6) is 0 Å². The van der Waals surface area contributed by atoms with Gasteiger partial charge in [-0.3, -0.25) is 14.4 Å². The van der Waals surface area contributed by atoms with E-state index < -0.39 is 11.9 Å². The third-order valence-electron chi connectivity index (χ3n) is 2.61. The SMILES string of the molecule is C=CCN(CC(=O)OCC)C(=O)c1ccn(C)c(=O)c1. The molecule has 6 heteroatoms. The van der Waals surface area contributed by atoms with Gasteiger partial charge in [0.1, 0.15) is 6.54 Å². The molecule has 0 bridgehead atoms. The number of ether oxygens (including phenoxy) is 1. The van der Waals surface area contributed by atoms with Crippen molar-refractivity contribution in [3.8, 4) is 0 Å². The van der Waals surface area contributed by atoms with Crippen LogP contribution in [0.2, 0.25) is 0 Å². The zero-order chi connectivity index (χ0) is 15.1. The first-order chi connectivity index (χ1) is 9.49. The zero-order valence-corrected chi connectivity index (χ0v) is 11.7. The fraction of sp³-hybridized carbons (Fsp3) is 0.357. The Morgan fingerprint density at radius 1 is 1.50 bits per heavy atom. The molecule has 0 N–H and O–H groups in total. The van der Waals surface area contributed by atoms with Crippen LogP contribution in [0.25, 0.3) is 0 Å². The van der Waals surface area contributed by atoms with Crippen molar-refractivity contribution in [1.29, 1.82) is 0 Å². The van der Waals surface area contributed by atoms with Crippen molar-refractivity contribution < 1.29 is 14.3 Å². The van der Waals surface area contributed by atoms with E-state index in [1.807, 2.05) is 0 Å². The van der Waals surface area contributed by atoms with Gasteiger partial charge in [0.15, 0.2) is 0 Å². The number of hydrogen-bond acceptors (Lipinski definition) is 4. The van der Waals surface area contributed by atoms with Crippen LogP contribution in [0.4, 0.5) is 0 Å². The first-order valence-electron chi connectivity index (χ1n) is 6.22. The summed E-state index contributed by atoms with van der Waals surface area (Å²) in [6, 6.07) is 2.77. The average Bonchev–Trinajstić information content (AvgIpc) is 2.41. The highest BCUT2D eigenvalue weighted by atomic mass is 16.5. The fourth-order valence-electron chi connectivity index (χ4n) is 1.60. The Morgan fingerprint density at radius 2 is 2.20 bits per heavy atom. The molecule has 1 aromatic rings. The molecule has 6 nitrogen and oxygen atoms in total. The van der Waals surface area contributed by atoms with E-state index in [0.717, 1.165) is 0 Å². The van der Waals surface area contributed by atoms with Gasteiger partial charge >= 0.3 is 5.97 Å². The molecular formula is C14H18N2O4. The summed E-state index contributed by atoms with van der Waals surface area (Å²) in [5.41, 5.74) is -0.0511. The second-order valence-corrected chi connectivity index (χ2v) is 4.14. The largest absolute Gasteiger partial charge is 0.465 e. The van der Waals surface area contributed by atoms with Crippen LogP contribution < -0.4 is 5.56 Å². The fourth-order valence-corrected chi connectivity index (χ4v) is 1.60. The number of esters is 1. The lowest BCUT2D eigenvalue weighted by Crippen LogP contribution is -2.37. The second-order valence-electron chi connectivity index (χ2n) is 4.14. The zero-order valence-electron chi connectivity index (χ0n) is 11.7. The normalized spacial score (nSPS) is 9.90. The molecular weight excluding hydrogens is 260 g/mol. The minimum atomic E-state index is -0.494. The summed E-state index contributed by atoms with van der Waals surface area (Å²) in [7, 11) is 1.59. The predicted octanol–water partition coefficient (Wildman–Crippen LogP) is 0.577. The van der Waals surface area contributed by atoms with E-state index in [0.29, 0.717) is 0 Å². The highest BCUT2D eigenvalue weighted by Crippen LogP contribution is 2.03. The molecule has 1 rings (SSSR count). The van der Waals surface area contributed by atoms with E-state index >= 15 is 0 Å². The van der Waals surface area contributed by atoms with Gasteiger partial charge in [0.25, 0.3) is 11.5 Å². The van der Waals surface area contributed by atoms with Gasteiger partial charge in [0, 0.05) is 31.4 Å². The van der Waals surface area contributed by atoms with Gasteiger partial charge in [-0.15, -0.1) is 6.58 Å². The van der Waals surface area contributed by atoms with Crippen molar-refractivity contribution in [2.75, 3.05) is 19.7 Å². The number of nitrogens with zero attached hydrogens (tertiary/aromatic N) is 2. The summed E-state index contributed by atoms with van der Waals surface area (Å²) in [6.07, 6.45) is 3.02. The van der Waals surface area contributed by atoms with E-state index in [-0.39, 0.29) is 30.8 Å². The predicted molar refractivity (Wildman–Crippen MR) is 74.4 cm³/mol. The van der Waals surface area contributed by atoms with Crippen molar-refractivity contribution >= 4 is 11.9 Å². The maximum absolute atomic E-state index is 12.3. The van der Waals surface area contributed by atoms with Gasteiger partial charge < -0.3 is 14.2 Å². The average molecular weight is 278 g/mol. The molecule has 1 amide bonds. The van der Waals surface area contributed by atoms with Crippen molar-refractivity contribution in [3.63, 3.8) is 0 Å². The molecule has 1 aromatic heterocycles. The lowest BCUT2D eigenvalue weighted by atomic mass is 10.2. The van der Waals surface area contributed by atoms with Gasteiger partial charge in [-0.05, 0) is 13.0 Å². The number of aromatic nitrogens is 1. The Labute approximate surface area is 117 Å². The lowest BCUT2D eigenvalue weighted by molar-refractivity contribution is -0.143. The molecule has 0 unspecified atom stereocenters. The molecule has 0 aromatic carbocycles. The number of amides is 1. The van der Waals surface area contributed by atoms with Crippen LogP contribution in [0.15, 0.2) is 35.8 Å². The van der Waals surface area contributed by atoms with Crippen LogP contribution in [0.3, 0.4) is 0 Å². The minimum Gasteiger partial charge on any atom is -0.465 e. The van der Waals surface area contributed by atoms with E-state index in [2.05, 4.69) is 6.58 Å². The number of aryl methyl sites for hydroxylation is 1.